The van der Waals surface area contributed by atoms with Crippen molar-refractivity contribution in [3.63, 3.8) is 0 Å². The number of nitrogens with zero attached hydrogens (tertiary/aromatic N) is 4. The Morgan fingerprint density at radius 1 is 1.25 bits per heavy atom. The van der Waals surface area contributed by atoms with Crippen LogP contribution in [0, 0.1) is 18.8 Å². The SMILES string of the molecule is Cc1cccc(N)c1-c1nnnn1C1CC2CCC1C2. The molecule has 2 aromatic rings. The molecule has 1 aromatic carbocycles. The summed E-state index contributed by atoms with van der Waals surface area (Å²) in [6.45, 7) is 2.06. The molecule has 104 valence electrons. The Balaban J connectivity index is 1.79. The van der Waals surface area contributed by atoms with E-state index in [0.29, 0.717) is 6.04 Å². The van der Waals surface area contributed by atoms with E-state index in [4.69, 9.17) is 5.73 Å². The van der Waals surface area contributed by atoms with E-state index < -0.39 is 0 Å². The number of hydrogen-bond donors (Lipinski definition) is 1. The minimum atomic E-state index is 0.456. The van der Waals surface area contributed by atoms with Gasteiger partial charge >= 0.3 is 0 Å². The van der Waals surface area contributed by atoms with Crippen LogP contribution in [0.15, 0.2) is 18.2 Å². The summed E-state index contributed by atoms with van der Waals surface area (Å²) >= 11 is 0. The lowest BCUT2D eigenvalue weighted by Gasteiger charge is -2.23. The van der Waals surface area contributed by atoms with Gasteiger partial charge in [0.15, 0.2) is 5.82 Å². The van der Waals surface area contributed by atoms with E-state index in [0.717, 1.165) is 34.5 Å². The molecule has 0 spiro atoms. The zero-order valence-electron chi connectivity index (χ0n) is 11.7. The normalized spacial score (nSPS) is 28.1. The van der Waals surface area contributed by atoms with Crippen LogP contribution in [0.3, 0.4) is 0 Å². The Labute approximate surface area is 118 Å². The van der Waals surface area contributed by atoms with E-state index in [1.54, 1.807) is 0 Å². The van der Waals surface area contributed by atoms with Gasteiger partial charge in [0.1, 0.15) is 0 Å². The van der Waals surface area contributed by atoms with Crippen molar-refractivity contribution >= 4 is 5.69 Å². The third kappa shape index (κ3) is 1.65. The molecule has 1 heterocycles. The van der Waals surface area contributed by atoms with Crippen LogP contribution in [0.4, 0.5) is 5.69 Å². The van der Waals surface area contributed by atoms with E-state index in [1.807, 2.05) is 16.8 Å². The van der Waals surface area contributed by atoms with Gasteiger partial charge < -0.3 is 5.73 Å². The lowest BCUT2D eigenvalue weighted by atomic mass is 9.95. The van der Waals surface area contributed by atoms with Crippen molar-refractivity contribution < 1.29 is 0 Å². The summed E-state index contributed by atoms with van der Waals surface area (Å²) in [7, 11) is 0. The predicted molar refractivity (Wildman–Crippen MR) is 76.9 cm³/mol. The molecule has 2 saturated carbocycles. The van der Waals surface area contributed by atoms with Gasteiger partial charge in [-0.25, -0.2) is 4.68 Å². The minimum absolute atomic E-state index is 0.456. The molecule has 1 aromatic heterocycles. The monoisotopic (exact) mass is 269 g/mol. The van der Waals surface area contributed by atoms with E-state index in [1.165, 1.54) is 25.7 Å². The zero-order valence-corrected chi connectivity index (χ0v) is 11.7. The van der Waals surface area contributed by atoms with E-state index >= 15 is 0 Å². The van der Waals surface area contributed by atoms with Crippen LogP contribution >= 0.6 is 0 Å². The maximum absolute atomic E-state index is 6.15. The topological polar surface area (TPSA) is 69.6 Å². The number of anilines is 1. The standard InChI is InChI=1S/C15H19N5/c1-9-3-2-4-12(16)14(9)15-17-18-19-20(15)13-8-10-5-6-11(13)7-10/h2-4,10-11,13H,5-8,16H2,1H3. The molecule has 0 aliphatic heterocycles. The Morgan fingerprint density at radius 3 is 2.85 bits per heavy atom. The molecule has 0 radical (unpaired) electrons. The highest BCUT2D eigenvalue weighted by molar-refractivity contribution is 5.74. The summed E-state index contributed by atoms with van der Waals surface area (Å²) in [5, 5.41) is 12.4. The fraction of sp³-hybridized carbons (Fsp3) is 0.533. The van der Waals surface area contributed by atoms with E-state index in [-0.39, 0.29) is 0 Å². The second-order valence-corrected chi connectivity index (χ2v) is 6.23. The van der Waals surface area contributed by atoms with Crippen molar-refractivity contribution in [3.8, 4) is 11.4 Å². The van der Waals surface area contributed by atoms with Gasteiger partial charge in [-0.2, -0.15) is 0 Å². The molecule has 2 aliphatic rings. The molecule has 2 aliphatic carbocycles. The Morgan fingerprint density at radius 2 is 2.15 bits per heavy atom. The molecule has 2 N–H and O–H groups in total. The third-order valence-corrected chi connectivity index (χ3v) is 5.04. The van der Waals surface area contributed by atoms with Crippen LogP contribution in [0.25, 0.3) is 11.4 Å². The highest BCUT2D eigenvalue weighted by Gasteiger charge is 2.42. The molecule has 3 atom stereocenters. The fourth-order valence-corrected chi connectivity index (χ4v) is 4.09. The number of aryl methyl sites for hydroxylation is 1. The molecule has 5 nitrogen and oxygen atoms in total. The fourth-order valence-electron chi connectivity index (χ4n) is 4.09. The lowest BCUT2D eigenvalue weighted by Crippen LogP contribution is -2.19. The van der Waals surface area contributed by atoms with Crippen molar-refractivity contribution in [1.82, 2.24) is 20.2 Å². The molecule has 4 rings (SSSR count). The predicted octanol–water partition coefficient (Wildman–Crippen LogP) is 2.59. The second kappa shape index (κ2) is 4.30. The Kier molecular flexibility index (Phi) is 2.55. The molecule has 20 heavy (non-hydrogen) atoms. The summed E-state index contributed by atoms with van der Waals surface area (Å²) < 4.78 is 2.03. The van der Waals surface area contributed by atoms with Crippen LogP contribution in [0.1, 0.15) is 37.3 Å². The first kappa shape index (κ1) is 11.9. The number of nitrogen functional groups attached to an aromatic ring is 1. The number of aromatic nitrogens is 4. The van der Waals surface area contributed by atoms with Gasteiger partial charge in [-0.1, -0.05) is 18.6 Å². The molecule has 0 saturated heterocycles. The van der Waals surface area contributed by atoms with Crippen molar-refractivity contribution in [3.05, 3.63) is 23.8 Å². The van der Waals surface area contributed by atoms with Crippen molar-refractivity contribution in [2.75, 3.05) is 5.73 Å². The zero-order chi connectivity index (χ0) is 13.7. The van der Waals surface area contributed by atoms with Gasteiger partial charge in [-0.3, -0.25) is 0 Å². The smallest absolute Gasteiger partial charge is 0.184 e. The number of benzene rings is 1. The number of hydrogen-bond acceptors (Lipinski definition) is 4. The summed E-state index contributed by atoms with van der Waals surface area (Å²) in [6.07, 6.45) is 5.25. The summed E-state index contributed by atoms with van der Waals surface area (Å²) in [5.41, 5.74) is 9.02. The lowest BCUT2D eigenvalue weighted by molar-refractivity contribution is 0.304. The van der Waals surface area contributed by atoms with E-state index in [9.17, 15) is 0 Å². The van der Waals surface area contributed by atoms with Crippen LogP contribution in [-0.2, 0) is 0 Å². The summed E-state index contributed by atoms with van der Waals surface area (Å²) in [5.74, 6) is 2.45. The molecule has 0 amide bonds. The molecular weight excluding hydrogens is 250 g/mol. The van der Waals surface area contributed by atoms with Crippen molar-refractivity contribution in [1.29, 1.82) is 0 Å². The highest BCUT2D eigenvalue weighted by Crippen LogP contribution is 2.51. The number of nitrogens with two attached hydrogens (primary N) is 1. The van der Waals surface area contributed by atoms with E-state index in [2.05, 4.69) is 28.5 Å². The molecular formula is C15H19N5. The van der Waals surface area contributed by atoms with Gasteiger partial charge in [0.05, 0.1) is 6.04 Å². The average molecular weight is 269 g/mol. The van der Waals surface area contributed by atoms with Gasteiger partial charge in [0, 0.05) is 11.3 Å². The first-order valence-electron chi connectivity index (χ1n) is 7.37. The van der Waals surface area contributed by atoms with Gasteiger partial charge in [0.25, 0.3) is 0 Å². The number of rotatable bonds is 2. The Bertz CT molecular complexity index is 627. The summed E-state index contributed by atoms with van der Waals surface area (Å²) in [4.78, 5) is 0. The minimum Gasteiger partial charge on any atom is -0.398 e. The Hall–Kier alpha value is -1.91. The highest BCUT2D eigenvalue weighted by atomic mass is 15.6. The first-order chi connectivity index (χ1) is 9.74. The van der Waals surface area contributed by atoms with Crippen LogP contribution in [0.5, 0.6) is 0 Å². The van der Waals surface area contributed by atoms with Crippen LogP contribution in [0.2, 0.25) is 0 Å². The van der Waals surface area contributed by atoms with Gasteiger partial charge in [-0.05, 0) is 60.1 Å². The average Bonchev–Trinajstić information content (AvgIpc) is 3.14. The molecule has 5 heteroatoms. The number of fused-ring (bicyclic) bond motifs is 2. The third-order valence-electron chi connectivity index (χ3n) is 5.04. The maximum Gasteiger partial charge on any atom is 0.184 e. The first-order valence-corrected chi connectivity index (χ1v) is 7.37. The van der Waals surface area contributed by atoms with Crippen LogP contribution < -0.4 is 5.73 Å². The largest absolute Gasteiger partial charge is 0.398 e. The quantitative estimate of drug-likeness (QED) is 0.851. The van der Waals surface area contributed by atoms with Gasteiger partial charge in [0.2, 0.25) is 0 Å². The van der Waals surface area contributed by atoms with Crippen molar-refractivity contribution in [2.45, 2.75) is 38.6 Å². The second-order valence-electron chi connectivity index (χ2n) is 6.23. The molecule has 3 unspecified atom stereocenters. The number of tetrazole rings is 1. The maximum atomic E-state index is 6.15. The van der Waals surface area contributed by atoms with Crippen molar-refractivity contribution in [2.24, 2.45) is 11.8 Å². The van der Waals surface area contributed by atoms with Gasteiger partial charge in [-0.15, -0.1) is 5.10 Å². The molecule has 2 fully saturated rings. The van der Waals surface area contributed by atoms with Crippen LogP contribution in [-0.4, -0.2) is 20.2 Å². The molecule has 2 bridgehead atoms. The summed E-state index contributed by atoms with van der Waals surface area (Å²) in [6, 6.07) is 6.41.